The van der Waals surface area contributed by atoms with Crippen molar-refractivity contribution in [2.45, 2.75) is 53.0 Å². The predicted molar refractivity (Wildman–Crippen MR) is 72.0 cm³/mol. The Bertz CT molecular complexity index is 393. The van der Waals surface area contributed by atoms with Gasteiger partial charge in [-0.2, -0.15) is 0 Å². The van der Waals surface area contributed by atoms with Gasteiger partial charge in [-0.15, -0.1) is 0 Å². The van der Waals surface area contributed by atoms with Crippen LogP contribution in [0.2, 0.25) is 0 Å². The number of rotatable bonds is 3. The van der Waals surface area contributed by atoms with Gasteiger partial charge in [0.1, 0.15) is 17.5 Å². The van der Waals surface area contributed by atoms with Gasteiger partial charge in [-0.1, -0.05) is 13.8 Å². The minimum Gasteiger partial charge on any atom is -0.365 e. The van der Waals surface area contributed by atoms with Crippen LogP contribution in [-0.2, 0) is 0 Å². The molecule has 1 aromatic rings. The molecule has 0 radical (unpaired) electrons. The third-order valence-electron chi connectivity index (χ3n) is 2.31. The van der Waals surface area contributed by atoms with Gasteiger partial charge < -0.3 is 10.7 Å². The van der Waals surface area contributed by atoms with Gasteiger partial charge in [-0.3, -0.25) is 0 Å². The molecule has 0 saturated heterocycles. The van der Waals surface area contributed by atoms with Crippen molar-refractivity contribution in [3.8, 4) is 0 Å². The number of hydrogen-bond donors (Lipinski definition) is 3. The van der Waals surface area contributed by atoms with Crippen molar-refractivity contribution in [2.24, 2.45) is 5.84 Å². The van der Waals surface area contributed by atoms with Crippen LogP contribution in [0.1, 0.15) is 51.9 Å². The molecule has 0 aliphatic heterocycles. The lowest BCUT2D eigenvalue weighted by molar-refractivity contribution is 0.626. The molecule has 1 heterocycles. The van der Waals surface area contributed by atoms with E-state index in [4.69, 9.17) is 5.84 Å². The molecule has 17 heavy (non-hydrogen) atoms. The molecule has 0 fully saturated rings. The molecule has 96 valence electrons. The molecule has 0 spiro atoms. The normalized spacial score (nSPS) is 11.8. The van der Waals surface area contributed by atoms with Crippen LogP contribution in [0, 0.1) is 6.92 Å². The molecule has 0 aliphatic carbocycles. The maximum atomic E-state index is 5.48. The topological polar surface area (TPSA) is 75.9 Å². The van der Waals surface area contributed by atoms with E-state index in [1.807, 2.05) is 6.92 Å². The fourth-order valence-corrected chi connectivity index (χ4v) is 1.41. The lowest BCUT2D eigenvalue weighted by atomic mass is 10.1. The Morgan fingerprint density at radius 1 is 1.12 bits per heavy atom. The summed E-state index contributed by atoms with van der Waals surface area (Å²) in [6.07, 6.45) is 0. The molecule has 0 saturated carbocycles. The van der Waals surface area contributed by atoms with Crippen LogP contribution < -0.4 is 16.6 Å². The zero-order valence-corrected chi connectivity index (χ0v) is 11.5. The van der Waals surface area contributed by atoms with Gasteiger partial charge in [0, 0.05) is 17.0 Å². The minimum atomic E-state index is -0.0424. The van der Waals surface area contributed by atoms with Crippen LogP contribution in [0.15, 0.2) is 0 Å². The molecule has 1 aromatic heterocycles. The molecule has 5 nitrogen and oxygen atoms in total. The van der Waals surface area contributed by atoms with Gasteiger partial charge in [0.05, 0.1) is 0 Å². The summed E-state index contributed by atoms with van der Waals surface area (Å²) in [5.74, 6) is 8.05. The second-order valence-corrected chi connectivity index (χ2v) is 5.58. The number of nitrogen functional groups attached to an aromatic ring is 1. The van der Waals surface area contributed by atoms with Crippen molar-refractivity contribution in [3.05, 3.63) is 11.4 Å². The first-order chi connectivity index (χ1) is 7.74. The fraction of sp³-hybridized carbons (Fsp3) is 0.667. The maximum absolute atomic E-state index is 5.48. The van der Waals surface area contributed by atoms with Crippen LogP contribution >= 0.6 is 0 Å². The molecule has 0 unspecified atom stereocenters. The average molecular weight is 237 g/mol. The predicted octanol–water partition coefficient (Wildman–Crippen LogP) is 2.40. The third kappa shape index (κ3) is 3.56. The van der Waals surface area contributed by atoms with Crippen LogP contribution in [0.3, 0.4) is 0 Å². The average Bonchev–Trinajstić information content (AvgIpc) is 2.18. The SMILES string of the molecule is Cc1c(NN)nc(C(C)C)nc1NC(C)(C)C. The Morgan fingerprint density at radius 3 is 2.06 bits per heavy atom. The Balaban J connectivity index is 3.23. The second-order valence-electron chi connectivity index (χ2n) is 5.58. The van der Waals surface area contributed by atoms with Crippen LogP contribution in [-0.4, -0.2) is 15.5 Å². The Morgan fingerprint density at radius 2 is 1.65 bits per heavy atom. The Kier molecular flexibility index (Phi) is 3.93. The van der Waals surface area contributed by atoms with E-state index in [0.29, 0.717) is 5.82 Å². The Hall–Kier alpha value is -1.36. The van der Waals surface area contributed by atoms with Crippen LogP contribution in [0.25, 0.3) is 0 Å². The maximum Gasteiger partial charge on any atom is 0.148 e. The molecule has 0 aliphatic rings. The number of nitrogens with zero attached hydrogens (tertiary/aromatic N) is 2. The zero-order chi connectivity index (χ0) is 13.2. The van der Waals surface area contributed by atoms with Crippen molar-refractivity contribution < 1.29 is 0 Å². The van der Waals surface area contributed by atoms with Gasteiger partial charge >= 0.3 is 0 Å². The number of aromatic nitrogens is 2. The summed E-state index contributed by atoms with van der Waals surface area (Å²) < 4.78 is 0. The number of hydrogen-bond acceptors (Lipinski definition) is 5. The van der Waals surface area contributed by atoms with E-state index in [1.54, 1.807) is 0 Å². The third-order valence-corrected chi connectivity index (χ3v) is 2.31. The van der Waals surface area contributed by atoms with Gasteiger partial charge in [0.2, 0.25) is 0 Å². The van der Waals surface area contributed by atoms with E-state index in [9.17, 15) is 0 Å². The summed E-state index contributed by atoms with van der Waals surface area (Å²) >= 11 is 0. The molecular weight excluding hydrogens is 214 g/mol. The van der Waals surface area contributed by atoms with Gasteiger partial charge in [0.15, 0.2) is 0 Å². The van der Waals surface area contributed by atoms with Crippen molar-refractivity contribution in [3.63, 3.8) is 0 Å². The summed E-state index contributed by atoms with van der Waals surface area (Å²) in [5.41, 5.74) is 3.52. The summed E-state index contributed by atoms with van der Waals surface area (Å²) in [5, 5.41) is 3.37. The van der Waals surface area contributed by atoms with E-state index in [0.717, 1.165) is 17.2 Å². The number of hydrazine groups is 1. The zero-order valence-electron chi connectivity index (χ0n) is 11.5. The second kappa shape index (κ2) is 4.87. The van der Waals surface area contributed by atoms with E-state index in [2.05, 4.69) is 55.3 Å². The van der Waals surface area contributed by atoms with Gasteiger partial charge in [-0.05, 0) is 27.7 Å². The number of nitrogens with one attached hydrogen (secondary N) is 2. The van der Waals surface area contributed by atoms with Crippen LogP contribution in [0.4, 0.5) is 11.6 Å². The van der Waals surface area contributed by atoms with Crippen LogP contribution in [0.5, 0.6) is 0 Å². The highest BCUT2D eigenvalue weighted by molar-refractivity contribution is 5.57. The molecule has 5 heteroatoms. The summed E-state index contributed by atoms with van der Waals surface area (Å²) in [6, 6.07) is 0. The van der Waals surface area contributed by atoms with Crippen molar-refractivity contribution in [1.82, 2.24) is 9.97 Å². The Labute approximate surface area is 103 Å². The van der Waals surface area contributed by atoms with E-state index < -0.39 is 0 Å². The van der Waals surface area contributed by atoms with E-state index >= 15 is 0 Å². The van der Waals surface area contributed by atoms with Crippen molar-refractivity contribution in [2.75, 3.05) is 10.7 Å². The molecule has 0 amide bonds. The number of nitrogens with two attached hydrogens (primary N) is 1. The van der Waals surface area contributed by atoms with E-state index in [1.165, 1.54) is 0 Å². The van der Waals surface area contributed by atoms with E-state index in [-0.39, 0.29) is 11.5 Å². The first-order valence-corrected chi connectivity index (χ1v) is 5.88. The molecule has 1 rings (SSSR count). The summed E-state index contributed by atoms with van der Waals surface area (Å²) in [7, 11) is 0. The van der Waals surface area contributed by atoms with Gasteiger partial charge in [0.25, 0.3) is 0 Å². The summed E-state index contributed by atoms with van der Waals surface area (Å²) in [4.78, 5) is 8.94. The highest BCUT2D eigenvalue weighted by atomic mass is 15.3. The number of anilines is 2. The lowest BCUT2D eigenvalue weighted by Gasteiger charge is -2.24. The fourth-order valence-electron chi connectivity index (χ4n) is 1.41. The minimum absolute atomic E-state index is 0.0424. The van der Waals surface area contributed by atoms with Crippen molar-refractivity contribution >= 4 is 11.6 Å². The highest BCUT2D eigenvalue weighted by Gasteiger charge is 2.17. The largest absolute Gasteiger partial charge is 0.365 e. The monoisotopic (exact) mass is 237 g/mol. The molecule has 0 aromatic carbocycles. The first-order valence-electron chi connectivity index (χ1n) is 5.88. The lowest BCUT2D eigenvalue weighted by Crippen LogP contribution is -2.28. The highest BCUT2D eigenvalue weighted by Crippen LogP contribution is 2.24. The smallest absolute Gasteiger partial charge is 0.148 e. The van der Waals surface area contributed by atoms with Gasteiger partial charge in [-0.25, -0.2) is 15.8 Å². The summed E-state index contributed by atoms with van der Waals surface area (Å²) in [6.45, 7) is 12.4. The molecule has 4 N–H and O–H groups in total. The van der Waals surface area contributed by atoms with Crippen molar-refractivity contribution in [1.29, 1.82) is 0 Å². The molecule has 0 bridgehead atoms. The first kappa shape index (κ1) is 13.7. The quantitative estimate of drug-likeness (QED) is 0.556. The standard InChI is InChI=1S/C12H23N5/c1-7(2)9-14-10(16-12(4,5)6)8(3)11(15-9)17-13/h7H,13H2,1-6H3,(H2,14,15,16,17). The molecule has 0 atom stereocenters. The molecular formula is C12H23N5.